The first-order valence-electron chi connectivity index (χ1n) is 7.06. The Morgan fingerprint density at radius 3 is 2.53 bits per heavy atom. The van der Waals surface area contributed by atoms with Gasteiger partial charge in [-0.2, -0.15) is 0 Å². The molecule has 1 aliphatic rings. The van der Waals surface area contributed by atoms with Crippen molar-refractivity contribution in [3.05, 3.63) is 0 Å². The summed E-state index contributed by atoms with van der Waals surface area (Å²) in [7, 11) is 2.24. The molecule has 1 unspecified atom stereocenters. The summed E-state index contributed by atoms with van der Waals surface area (Å²) in [6.45, 7) is 9.56. The Kier molecular flexibility index (Phi) is 6.45. The minimum atomic E-state index is 0.286. The van der Waals surface area contributed by atoms with E-state index in [1.54, 1.807) is 0 Å². The van der Waals surface area contributed by atoms with Crippen LogP contribution in [0.1, 0.15) is 39.5 Å². The third-order valence-electron chi connectivity index (χ3n) is 3.91. The van der Waals surface area contributed by atoms with E-state index in [1.807, 2.05) is 0 Å². The second-order valence-electron chi connectivity index (χ2n) is 6.02. The molecular weight excluding hydrogens is 212 g/mol. The van der Waals surface area contributed by atoms with Gasteiger partial charge in [0, 0.05) is 26.3 Å². The van der Waals surface area contributed by atoms with Gasteiger partial charge >= 0.3 is 0 Å². The summed E-state index contributed by atoms with van der Waals surface area (Å²) in [4.78, 5) is 2.47. The summed E-state index contributed by atoms with van der Waals surface area (Å²) in [6.07, 6.45) is 4.88. The van der Waals surface area contributed by atoms with Crippen LogP contribution in [0.5, 0.6) is 0 Å². The lowest BCUT2D eigenvalue weighted by Gasteiger charge is -2.35. The molecule has 1 saturated heterocycles. The van der Waals surface area contributed by atoms with Crippen molar-refractivity contribution in [1.29, 1.82) is 0 Å². The number of rotatable bonds is 7. The number of hydrogen-bond acceptors (Lipinski definition) is 3. The predicted octanol–water partition coefficient (Wildman–Crippen LogP) is 2.11. The van der Waals surface area contributed by atoms with Crippen LogP contribution in [0.15, 0.2) is 0 Å². The molecule has 0 aromatic heterocycles. The van der Waals surface area contributed by atoms with Gasteiger partial charge in [0.25, 0.3) is 0 Å². The second kappa shape index (κ2) is 7.34. The Bertz CT molecular complexity index is 204. The first-order valence-corrected chi connectivity index (χ1v) is 7.06. The van der Waals surface area contributed by atoms with E-state index < -0.39 is 0 Å². The van der Waals surface area contributed by atoms with Crippen molar-refractivity contribution in [3.8, 4) is 0 Å². The molecule has 102 valence electrons. The topological polar surface area (TPSA) is 38.5 Å². The van der Waals surface area contributed by atoms with Crippen molar-refractivity contribution in [1.82, 2.24) is 4.90 Å². The van der Waals surface area contributed by atoms with E-state index in [0.29, 0.717) is 0 Å². The largest absolute Gasteiger partial charge is 0.381 e. The number of ether oxygens (including phenoxy) is 1. The molecule has 0 aromatic carbocycles. The summed E-state index contributed by atoms with van der Waals surface area (Å²) in [5, 5.41) is 0. The zero-order valence-electron chi connectivity index (χ0n) is 11.9. The van der Waals surface area contributed by atoms with E-state index >= 15 is 0 Å². The summed E-state index contributed by atoms with van der Waals surface area (Å²) >= 11 is 0. The highest BCUT2D eigenvalue weighted by molar-refractivity contribution is 4.79. The molecule has 1 rings (SSSR count). The lowest BCUT2D eigenvalue weighted by Crippen LogP contribution is -2.41. The van der Waals surface area contributed by atoms with Gasteiger partial charge in [-0.3, -0.25) is 0 Å². The average Bonchev–Trinajstić information content (AvgIpc) is 2.30. The van der Waals surface area contributed by atoms with Crippen molar-refractivity contribution in [2.75, 3.05) is 39.9 Å². The first kappa shape index (κ1) is 14.9. The number of hydrogen-bond donors (Lipinski definition) is 1. The lowest BCUT2D eigenvalue weighted by molar-refractivity contribution is 0.0502. The van der Waals surface area contributed by atoms with E-state index in [4.69, 9.17) is 10.5 Å². The molecule has 0 amide bonds. The maximum atomic E-state index is 5.93. The quantitative estimate of drug-likeness (QED) is 0.743. The molecule has 1 aliphatic heterocycles. The highest BCUT2D eigenvalue weighted by atomic mass is 16.5. The fraction of sp³-hybridized carbons (Fsp3) is 1.00. The van der Waals surface area contributed by atoms with Gasteiger partial charge in [-0.1, -0.05) is 20.3 Å². The van der Waals surface area contributed by atoms with Crippen molar-refractivity contribution >= 4 is 0 Å². The monoisotopic (exact) mass is 242 g/mol. The number of nitrogens with two attached hydrogens (primary N) is 1. The van der Waals surface area contributed by atoms with Crippen LogP contribution in [0, 0.1) is 11.3 Å². The van der Waals surface area contributed by atoms with Crippen LogP contribution in [0.2, 0.25) is 0 Å². The van der Waals surface area contributed by atoms with E-state index in [0.717, 1.165) is 32.2 Å². The average molecular weight is 242 g/mol. The molecular formula is C14H30N2O. The van der Waals surface area contributed by atoms with Crippen LogP contribution in [0.3, 0.4) is 0 Å². The normalized spacial score (nSPS) is 21.7. The van der Waals surface area contributed by atoms with Crippen LogP contribution < -0.4 is 5.73 Å². The van der Waals surface area contributed by atoms with Gasteiger partial charge in [0.15, 0.2) is 0 Å². The molecule has 0 bridgehead atoms. The Balaban J connectivity index is 2.33. The molecule has 0 spiro atoms. The van der Waals surface area contributed by atoms with Gasteiger partial charge in [0.2, 0.25) is 0 Å². The van der Waals surface area contributed by atoms with Crippen molar-refractivity contribution in [2.24, 2.45) is 17.1 Å². The summed E-state index contributed by atoms with van der Waals surface area (Å²) in [5.41, 5.74) is 6.21. The van der Waals surface area contributed by atoms with Crippen LogP contribution >= 0.6 is 0 Å². The zero-order chi connectivity index (χ0) is 12.7. The number of nitrogens with zero attached hydrogens (tertiary/aromatic N) is 1. The highest BCUT2D eigenvalue weighted by Gasteiger charge is 2.25. The van der Waals surface area contributed by atoms with Crippen LogP contribution in [-0.2, 0) is 4.74 Å². The Hall–Kier alpha value is -0.120. The Labute approximate surface area is 107 Å². The van der Waals surface area contributed by atoms with Gasteiger partial charge in [0.1, 0.15) is 0 Å². The lowest BCUT2D eigenvalue weighted by atomic mass is 9.85. The minimum Gasteiger partial charge on any atom is -0.381 e. The summed E-state index contributed by atoms with van der Waals surface area (Å²) < 4.78 is 5.40. The standard InChI is InChI=1S/C14H30N2O/c1-4-7-14(2,11-15)12-16(3)10-13-5-8-17-9-6-13/h13H,4-12,15H2,1-3H3. The summed E-state index contributed by atoms with van der Waals surface area (Å²) in [5.74, 6) is 0.817. The van der Waals surface area contributed by atoms with Crippen LogP contribution in [0.4, 0.5) is 0 Å². The fourth-order valence-corrected chi connectivity index (χ4v) is 2.94. The third-order valence-corrected chi connectivity index (χ3v) is 3.91. The van der Waals surface area contributed by atoms with Gasteiger partial charge in [-0.15, -0.1) is 0 Å². The molecule has 17 heavy (non-hydrogen) atoms. The maximum Gasteiger partial charge on any atom is 0.0469 e. The summed E-state index contributed by atoms with van der Waals surface area (Å²) in [6, 6.07) is 0. The smallest absolute Gasteiger partial charge is 0.0469 e. The highest BCUT2D eigenvalue weighted by Crippen LogP contribution is 2.24. The van der Waals surface area contributed by atoms with Gasteiger partial charge in [-0.25, -0.2) is 0 Å². The van der Waals surface area contributed by atoms with Crippen molar-refractivity contribution in [3.63, 3.8) is 0 Å². The molecule has 3 nitrogen and oxygen atoms in total. The van der Waals surface area contributed by atoms with Crippen molar-refractivity contribution in [2.45, 2.75) is 39.5 Å². The molecule has 0 aliphatic carbocycles. The van der Waals surface area contributed by atoms with E-state index in [1.165, 1.54) is 32.2 Å². The van der Waals surface area contributed by atoms with Crippen LogP contribution in [0.25, 0.3) is 0 Å². The second-order valence-corrected chi connectivity index (χ2v) is 6.02. The van der Waals surface area contributed by atoms with Gasteiger partial charge in [-0.05, 0) is 44.2 Å². The molecule has 0 radical (unpaired) electrons. The molecule has 2 N–H and O–H groups in total. The van der Waals surface area contributed by atoms with Crippen molar-refractivity contribution < 1.29 is 4.74 Å². The molecule has 0 saturated carbocycles. The first-order chi connectivity index (χ1) is 8.09. The SMILES string of the molecule is CCCC(C)(CN)CN(C)CC1CCOCC1. The van der Waals surface area contributed by atoms with Gasteiger partial charge < -0.3 is 15.4 Å². The zero-order valence-corrected chi connectivity index (χ0v) is 11.9. The van der Waals surface area contributed by atoms with Gasteiger partial charge in [0.05, 0.1) is 0 Å². The molecule has 1 fully saturated rings. The Morgan fingerprint density at radius 1 is 1.35 bits per heavy atom. The third kappa shape index (κ3) is 5.36. The maximum absolute atomic E-state index is 5.93. The van der Waals surface area contributed by atoms with Crippen LogP contribution in [-0.4, -0.2) is 44.8 Å². The van der Waals surface area contributed by atoms with E-state index in [9.17, 15) is 0 Å². The predicted molar refractivity (Wildman–Crippen MR) is 73.1 cm³/mol. The molecule has 0 aromatic rings. The van der Waals surface area contributed by atoms with E-state index in [2.05, 4.69) is 25.8 Å². The molecule has 1 heterocycles. The molecule has 1 atom stereocenters. The Morgan fingerprint density at radius 2 is 2.00 bits per heavy atom. The molecule has 3 heteroatoms. The minimum absolute atomic E-state index is 0.286. The van der Waals surface area contributed by atoms with E-state index in [-0.39, 0.29) is 5.41 Å². The fourth-order valence-electron chi connectivity index (χ4n) is 2.94.